The van der Waals surface area contributed by atoms with Gasteiger partial charge in [-0.15, -0.1) is 0 Å². The molecule has 1 aromatic carbocycles. The number of para-hydroxylation sites is 1. The molecule has 0 heterocycles. The summed E-state index contributed by atoms with van der Waals surface area (Å²) in [5, 5.41) is 9.37. The monoisotopic (exact) mass is 152 g/mol. The predicted molar refractivity (Wildman–Crippen MR) is 44.0 cm³/mol. The second-order valence-corrected chi connectivity index (χ2v) is 2.66. The van der Waals surface area contributed by atoms with Gasteiger partial charge in [-0.1, -0.05) is 19.1 Å². The van der Waals surface area contributed by atoms with E-state index in [0.29, 0.717) is 5.75 Å². The number of rotatable bonds is 2. The van der Waals surface area contributed by atoms with Crippen molar-refractivity contribution in [2.24, 2.45) is 0 Å². The van der Waals surface area contributed by atoms with Crippen LogP contribution in [0.1, 0.15) is 24.9 Å². The van der Waals surface area contributed by atoms with Crippen molar-refractivity contribution in [3.05, 3.63) is 29.8 Å². The molecule has 0 aliphatic heterocycles. The Morgan fingerprint density at radius 1 is 1.45 bits per heavy atom. The number of quaternary nitrogens is 1. The molecular formula is C9H14NO+. The summed E-state index contributed by atoms with van der Waals surface area (Å²) in [6.45, 7) is 2.06. The first-order chi connectivity index (χ1) is 5.25. The van der Waals surface area contributed by atoms with Crippen molar-refractivity contribution in [2.75, 3.05) is 0 Å². The highest BCUT2D eigenvalue weighted by molar-refractivity contribution is 5.33. The zero-order chi connectivity index (χ0) is 8.27. The van der Waals surface area contributed by atoms with Crippen LogP contribution in [-0.4, -0.2) is 5.11 Å². The van der Waals surface area contributed by atoms with Gasteiger partial charge in [-0.05, 0) is 12.1 Å². The summed E-state index contributed by atoms with van der Waals surface area (Å²) >= 11 is 0. The van der Waals surface area contributed by atoms with Crippen LogP contribution in [0.4, 0.5) is 0 Å². The molecule has 0 aliphatic carbocycles. The van der Waals surface area contributed by atoms with Gasteiger partial charge in [0.1, 0.15) is 11.8 Å². The molecule has 4 N–H and O–H groups in total. The molecule has 0 radical (unpaired) electrons. The molecule has 11 heavy (non-hydrogen) atoms. The number of phenolic OH excluding ortho intramolecular Hbond substituents is 1. The first-order valence-corrected chi connectivity index (χ1v) is 3.86. The molecule has 0 aromatic heterocycles. The highest BCUT2D eigenvalue weighted by Gasteiger charge is 2.09. The summed E-state index contributed by atoms with van der Waals surface area (Å²) in [5.74, 6) is 0.356. The second-order valence-electron chi connectivity index (χ2n) is 2.66. The third-order valence-electron chi connectivity index (χ3n) is 1.87. The van der Waals surface area contributed by atoms with Crippen molar-refractivity contribution in [1.82, 2.24) is 0 Å². The molecule has 0 saturated heterocycles. The summed E-state index contributed by atoms with van der Waals surface area (Å²) in [6.07, 6.45) is 0.956. The van der Waals surface area contributed by atoms with E-state index in [-0.39, 0.29) is 6.04 Å². The molecular weight excluding hydrogens is 138 g/mol. The van der Waals surface area contributed by atoms with Crippen LogP contribution in [0.15, 0.2) is 24.3 Å². The van der Waals surface area contributed by atoms with Crippen LogP contribution in [0.3, 0.4) is 0 Å². The number of aromatic hydroxyl groups is 1. The largest absolute Gasteiger partial charge is 0.507 e. The van der Waals surface area contributed by atoms with Crippen LogP contribution < -0.4 is 5.73 Å². The SMILES string of the molecule is CC[C@@H]([NH3+])c1ccccc1O. The lowest BCUT2D eigenvalue weighted by Gasteiger charge is -2.06. The van der Waals surface area contributed by atoms with Crippen LogP contribution in [0.5, 0.6) is 5.75 Å². The van der Waals surface area contributed by atoms with Crippen molar-refractivity contribution in [1.29, 1.82) is 0 Å². The molecule has 0 unspecified atom stereocenters. The summed E-state index contributed by atoms with van der Waals surface area (Å²) in [6, 6.07) is 7.56. The Morgan fingerprint density at radius 2 is 2.09 bits per heavy atom. The molecule has 0 saturated carbocycles. The minimum atomic E-state index is 0.205. The highest BCUT2D eigenvalue weighted by Crippen LogP contribution is 2.21. The average Bonchev–Trinajstić information content (AvgIpc) is 2.04. The summed E-state index contributed by atoms with van der Waals surface area (Å²) < 4.78 is 0. The lowest BCUT2D eigenvalue weighted by molar-refractivity contribution is -0.427. The van der Waals surface area contributed by atoms with E-state index in [1.54, 1.807) is 6.07 Å². The molecule has 1 rings (SSSR count). The average molecular weight is 152 g/mol. The molecule has 2 nitrogen and oxygen atoms in total. The predicted octanol–water partition coefficient (Wildman–Crippen LogP) is 1.09. The van der Waals surface area contributed by atoms with Gasteiger partial charge < -0.3 is 10.8 Å². The summed E-state index contributed by atoms with van der Waals surface area (Å²) in [5.41, 5.74) is 4.87. The van der Waals surface area contributed by atoms with Crippen molar-refractivity contribution >= 4 is 0 Å². The quantitative estimate of drug-likeness (QED) is 0.654. The van der Waals surface area contributed by atoms with Gasteiger partial charge in [-0.2, -0.15) is 0 Å². The second kappa shape index (κ2) is 3.39. The maximum atomic E-state index is 9.37. The van der Waals surface area contributed by atoms with Gasteiger partial charge in [-0.3, -0.25) is 0 Å². The number of phenols is 1. The zero-order valence-corrected chi connectivity index (χ0v) is 6.75. The molecule has 60 valence electrons. The Balaban J connectivity index is 2.93. The first-order valence-electron chi connectivity index (χ1n) is 3.86. The molecule has 2 heteroatoms. The van der Waals surface area contributed by atoms with Gasteiger partial charge in [0, 0.05) is 6.42 Å². The summed E-state index contributed by atoms with van der Waals surface area (Å²) in [4.78, 5) is 0. The fraction of sp³-hybridized carbons (Fsp3) is 0.333. The fourth-order valence-electron chi connectivity index (χ4n) is 1.05. The van der Waals surface area contributed by atoms with Crippen LogP contribution >= 0.6 is 0 Å². The van der Waals surface area contributed by atoms with E-state index in [1.165, 1.54) is 0 Å². The van der Waals surface area contributed by atoms with Gasteiger partial charge >= 0.3 is 0 Å². The Labute approximate surface area is 66.7 Å². The van der Waals surface area contributed by atoms with E-state index in [2.05, 4.69) is 12.7 Å². The zero-order valence-electron chi connectivity index (χ0n) is 6.75. The molecule has 0 amide bonds. The Kier molecular flexibility index (Phi) is 2.49. The minimum absolute atomic E-state index is 0.205. The van der Waals surface area contributed by atoms with Gasteiger partial charge in [0.15, 0.2) is 0 Å². The smallest absolute Gasteiger partial charge is 0.124 e. The van der Waals surface area contributed by atoms with Crippen molar-refractivity contribution in [3.63, 3.8) is 0 Å². The maximum absolute atomic E-state index is 9.37. The molecule has 1 aromatic rings. The summed E-state index contributed by atoms with van der Waals surface area (Å²) in [7, 11) is 0. The molecule has 0 aliphatic rings. The highest BCUT2D eigenvalue weighted by atomic mass is 16.3. The van der Waals surface area contributed by atoms with Gasteiger partial charge in [0.25, 0.3) is 0 Å². The Morgan fingerprint density at radius 3 is 2.64 bits per heavy atom. The maximum Gasteiger partial charge on any atom is 0.124 e. The normalized spacial score (nSPS) is 12.9. The van der Waals surface area contributed by atoms with E-state index < -0.39 is 0 Å². The van der Waals surface area contributed by atoms with E-state index in [1.807, 2.05) is 18.2 Å². The number of hydrogen-bond donors (Lipinski definition) is 2. The lowest BCUT2D eigenvalue weighted by Crippen LogP contribution is -2.53. The van der Waals surface area contributed by atoms with Crippen LogP contribution in [-0.2, 0) is 0 Å². The Hall–Kier alpha value is -1.02. The molecule has 1 atom stereocenters. The Bertz CT molecular complexity index is 235. The van der Waals surface area contributed by atoms with Crippen molar-refractivity contribution in [2.45, 2.75) is 19.4 Å². The topological polar surface area (TPSA) is 47.9 Å². The fourth-order valence-corrected chi connectivity index (χ4v) is 1.05. The number of benzene rings is 1. The minimum Gasteiger partial charge on any atom is -0.507 e. The van der Waals surface area contributed by atoms with E-state index in [0.717, 1.165) is 12.0 Å². The van der Waals surface area contributed by atoms with Crippen LogP contribution in [0.2, 0.25) is 0 Å². The molecule has 0 fully saturated rings. The molecule has 0 spiro atoms. The third kappa shape index (κ3) is 1.71. The van der Waals surface area contributed by atoms with Crippen molar-refractivity contribution < 1.29 is 10.8 Å². The van der Waals surface area contributed by atoms with Gasteiger partial charge in [-0.25, -0.2) is 0 Å². The lowest BCUT2D eigenvalue weighted by atomic mass is 10.0. The standard InChI is InChI=1S/C9H13NO/c1-2-8(10)7-5-3-4-6-9(7)11/h3-6,8,11H,2,10H2,1H3/p+1/t8-/m1/s1. The first kappa shape index (κ1) is 8.08. The van der Waals surface area contributed by atoms with Crippen molar-refractivity contribution in [3.8, 4) is 5.75 Å². The van der Waals surface area contributed by atoms with Gasteiger partial charge in [0.05, 0.1) is 5.56 Å². The van der Waals surface area contributed by atoms with E-state index >= 15 is 0 Å². The van der Waals surface area contributed by atoms with Gasteiger partial charge in [0.2, 0.25) is 0 Å². The van der Waals surface area contributed by atoms with E-state index in [9.17, 15) is 5.11 Å². The molecule has 0 bridgehead atoms. The van der Waals surface area contributed by atoms with Crippen LogP contribution in [0, 0.1) is 0 Å². The number of hydrogen-bond acceptors (Lipinski definition) is 1. The van der Waals surface area contributed by atoms with Crippen LogP contribution in [0.25, 0.3) is 0 Å². The van der Waals surface area contributed by atoms with E-state index in [4.69, 9.17) is 0 Å². The third-order valence-corrected chi connectivity index (χ3v) is 1.87.